The number of carbonyl (C=O) groups excluding carboxylic acids is 2. The van der Waals surface area contributed by atoms with Crippen LogP contribution in [0.2, 0.25) is 5.02 Å². The molecular formula is C19H15ClN2O5S. The van der Waals surface area contributed by atoms with Gasteiger partial charge in [-0.25, -0.2) is 0 Å². The highest BCUT2D eigenvalue weighted by molar-refractivity contribution is 7.16. The topological polar surface area (TPSA) is 79.1 Å². The minimum absolute atomic E-state index is 0.0663. The highest BCUT2D eigenvalue weighted by Crippen LogP contribution is 2.37. The summed E-state index contributed by atoms with van der Waals surface area (Å²) in [5, 5.41) is 0.603. The number of aromatic nitrogens is 1. The molecule has 0 N–H and O–H groups in total. The molecule has 1 aliphatic rings. The summed E-state index contributed by atoms with van der Waals surface area (Å²) >= 11 is 7.17. The van der Waals surface area contributed by atoms with Crippen molar-refractivity contribution in [2.75, 3.05) is 13.9 Å². The third-order valence-electron chi connectivity index (χ3n) is 4.18. The van der Waals surface area contributed by atoms with Crippen LogP contribution in [-0.2, 0) is 27.3 Å². The average Bonchev–Trinajstić information content (AvgIpc) is 3.26. The number of nitrogens with zero attached hydrogens (tertiary/aromatic N) is 2. The van der Waals surface area contributed by atoms with Crippen LogP contribution in [0, 0.1) is 0 Å². The number of hydrogen-bond donors (Lipinski definition) is 0. The quantitative estimate of drug-likeness (QED) is 0.609. The molecule has 0 spiro atoms. The second-order valence-corrected chi connectivity index (χ2v) is 7.47. The highest BCUT2D eigenvalue weighted by Gasteiger charge is 2.19. The number of thiazole rings is 1. The van der Waals surface area contributed by atoms with Gasteiger partial charge in [-0.15, -0.1) is 0 Å². The molecule has 4 rings (SSSR count). The summed E-state index contributed by atoms with van der Waals surface area (Å²) in [4.78, 5) is 29.0. The molecular weight excluding hydrogens is 404 g/mol. The number of halogens is 1. The van der Waals surface area contributed by atoms with Gasteiger partial charge < -0.3 is 18.8 Å². The maximum Gasteiger partial charge on any atom is 0.325 e. The molecule has 0 saturated carbocycles. The van der Waals surface area contributed by atoms with Crippen LogP contribution in [0.1, 0.15) is 5.56 Å². The maximum absolute atomic E-state index is 12.5. The molecule has 0 aliphatic carbocycles. The van der Waals surface area contributed by atoms with Gasteiger partial charge in [-0.3, -0.25) is 9.59 Å². The molecule has 1 aliphatic heterocycles. The smallest absolute Gasteiger partial charge is 0.325 e. The molecule has 0 bridgehead atoms. The molecule has 0 fully saturated rings. The first-order valence-corrected chi connectivity index (χ1v) is 9.55. The summed E-state index contributed by atoms with van der Waals surface area (Å²) in [5.74, 6) is 0.442. The van der Waals surface area contributed by atoms with Crippen molar-refractivity contribution in [3.63, 3.8) is 0 Å². The van der Waals surface area contributed by atoms with Gasteiger partial charge in [-0.1, -0.05) is 35.1 Å². The molecule has 28 heavy (non-hydrogen) atoms. The van der Waals surface area contributed by atoms with Crippen LogP contribution in [0.4, 0.5) is 0 Å². The number of esters is 1. The lowest BCUT2D eigenvalue weighted by molar-refractivity contribution is -0.141. The molecule has 1 amide bonds. The Morgan fingerprint density at radius 3 is 2.64 bits per heavy atom. The summed E-state index contributed by atoms with van der Waals surface area (Å²) in [6.45, 7) is 0.0869. The fraction of sp³-hybridized carbons (Fsp3) is 0.211. The zero-order valence-electron chi connectivity index (χ0n) is 14.8. The summed E-state index contributed by atoms with van der Waals surface area (Å²) in [6.07, 6.45) is 0.131. The SMILES string of the molecule is COC(=O)Cn1c(=NC(=O)Cc2ccc(Cl)cc2)sc2cc3c(cc21)OCO3. The molecule has 3 aromatic rings. The van der Waals surface area contributed by atoms with Gasteiger partial charge in [-0.2, -0.15) is 4.99 Å². The second kappa shape index (κ2) is 7.65. The highest BCUT2D eigenvalue weighted by atomic mass is 35.5. The Hall–Kier alpha value is -2.84. The predicted molar refractivity (Wildman–Crippen MR) is 104 cm³/mol. The van der Waals surface area contributed by atoms with Crippen LogP contribution in [0.5, 0.6) is 11.5 Å². The number of benzene rings is 2. The number of carbonyl (C=O) groups is 2. The number of amides is 1. The first-order valence-electron chi connectivity index (χ1n) is 8.35. The Labute approximate surface area is 168 Å². The summed E-state index contributed by atoms with van der Waals surface area (Å²) < 4.78 is 18.1. The van der Waals surface area contributed by atoms with E-state index < -0.39 is 5.97 Å². The first kappa shape index (κ1) is 18.5. The monoisotopic (exact) mass is 418 g/mol. The van der Waals surface area contributed by atoms with E-state index in [2.05, 4.69) is 4.99 Å². The number of hydrogen-bond acceptors (Lipinski definition) is 6. The third-order valence-corrected chi connectivity index (χ3v) is 5.47. The van der Waals surface area contributed by atoms with Crippen LogP contribution < -0.4 is 14.3 Å². The molecule has 2 heterocycles. The van der Waals surface area contributed by atoms with Crippen molar-refractivity contribution >= 4 is 45.0 Å². The Morgan fingerprint density at radius 2 is 1.93 bits per heavy atom. The van der Waals surface area contributed by atoms with Crippen molar-refractivity contribution in [1.82, 2.24) is 4.57 Å². The van der Waals surface area contributed by atoms with Crippen molar-refractivity contribution in [1.29, 1.82) is 0 Å². The van der Waals surface area contributed by atoms with Gasteiger partial charge in [0.15, 0.2) is 16.3 Å². The normalized spacial score (nSPS) is 13.1. The van der Waals surface area contributed by atoms with E-state index in [9.17, 15) is 9.59 Å². The van der Waals surface area contributed by atoms with E-state index in [0.29, 0.717) is 21.3 Å². The lowest BCUT2D eigenvalue weighted by Crippen LogP contribution is -2.22. The van der Waals surface area contributed by atoms with Crippen LogP contribution in [0.3, 0.4) is 0 Å². The Bertz CT molecular complexity index is 1130. The van der Waals surface area contributed by atoms with Gasteiger partial charge in [0.1, 0.15) is 6.54 Å². The molecule has 0 saturated heterocycles. The van der Waals surface area contributed by atoms with E-state index in [0.717, 1.165) is 15.8 Å². The van der Waals surface area contributed by atoms with Crippen molar-refractivity contribution in [3.05, 3.63) is 51.8 Å². The minimum Gasteiger partial charge on any atom is -0.468 e. The zero-order valence-corrected chi connectivity index (χ0v) is 16.4. The number of rotatable bonds is 4. The maximum atomic E-state index is 12.5. The number of fused-ring (bicyclic) bond motifs is 2. The van der Waals surface area contributed by atoms with E-state index in [1.54, 1.807) is 34.9 Å². The predicted octanol–water partition coefficient (Wildman–Crippen LogP) is 2.93. The molecule has 9 heteroatoms. The van der Waals surface area contributed by atoms with E-state index in [1.807, 2.05) is 6.07 Å². The second-order valence-electron chi connectivity index (χ2n) is 6.03. The fourth-order valence-corrected chi connectivity index (χ4v) is 4.00. The standard InChI is InChI=1S/C19H15ClN2O5S/c1-25-18(24)9-22-13-7-14-15(27-10-26-14)8-16(13)28-19(22)21-17(23)6-11-2-4-12(20)5-3-11/h2-5,7-8H,6,9-10H2,1H3. The molecule has 144 valence electrons. The lowest BCUT2D eigenvalue weighted by Gasteiger charge is -2.04. The Kier molecular flexibility index (Phi) is 5.06. The molecule has 0 unspecified atom stereocenters. The van der Waals surface area contributed by atoms with Crippen molar-refractivity contribution in [2.45, 2.75) is 13.0 Å². The first-order chi connectivity index (χ1) is 13.5. The van der Waals surface area contributed by atoms with Crippen LogP contribution in [-0.4, -0.2) is 30.3 Å². The molecule has 0 radical (unpaired) electrons. The Balaban J connectivity index is 1.74. The lowest BCUT2D eigenvalue weighted by atomic mass is 10.1. The summed E-state index contributed by atoms with van der Waals surface area (Å²) in [6, 6.07) is 10.6. The molecule has 0 atom stereocenters. The van der Waals surface area contributed by atoms with Crippen molar-refractivity contribution < 1.29 is 23.8 Å². The molecule has 7 nitrogen and oxygen atoms in total. The van der Waals surface area contributed by atoms with Gasteiger partial charge in [0.2, 0.25) is 6.79 Å². The summed E-state index contributed by atoms with van der Waals surface area (Å²) in [7, 11) is 1.31. The minimum atomic E-state index is -0.441. The Morgan fingerprint density at radius 1 is 1.21 bits per heavy atom. The van der Waals surface area contributed by atoms with Gasteiger partial charge in [0, 0.05) is 17.2 Å². The molecule has 2 aromatic carbocycles. The number of ether oxygens (including phenoxy) is 3. The van der Waals surface area contributed by atoms with E-state index in [-0.39, 0.29) is 25.7 Å². The van der Waals surface area contributed by atoms with Crippen molar-refractivity contribution in [2.24, 2.45) is 4.99 Å². The van der Waals surface area contributed by atoms with E-state index in [1.165, 1.54) is 18.4 Å². The van der Waals surface area contributed by atoms with Crippen LogP contribution in [0.15, 0.2) is 41.4 Å². The van der Waals surface area contributed by atoms with E-state index in [4.69, 9.17) is 25.8 Å². The van der Waals surface area contributed by atoms with E-state index >= 15 is 0 Å². The molecule has 1 aromatic heterocycles. The fourth-order valence-electron chi connectivity index (χ4n) is 2.81. The summed E-state index contributed by atoms with van der Waals surface area (Å²) in [5.41, 5.74) is 1.53. The largest absolute Gasteiger partial charge is 0.468 e. The van der Waals surface area contributed by atoms with Crippen LogP contribution >= 0.6 is 22.9 Å². The van der Waals surface area contributed by atoms with Gasteiger partial charge in [-0.05, 0) is 17.7 Å². The number of methoxy groups -OCH3 is 1. The average molecular weight is 419 g/mol. The third kappa shape index (κ3) is 3.74. The van der Waals surface area contributed by atoms with Crippen LogP contribution in [0.25, 0.3) is 10.2 Å². The van der Waals surface area contributed by atoms with Gasteiger partial charge in [0.25, 0.3) is 5.91 Å². The van der Waals surface area contributed by atoms with Gasteiger partial charge in [0.05, 0.1) is 23.7 Å². The zero-order chi connectivity index (χ0) is 19.7. The van der Waals surface area contributed by atoms with Gasteiger partial charge >= 0.3 is 5.97 Å². The van der Waals surface area contributed by atoms with Crippen molar-refractivity contribution in [3.8, 4) is 11.5 Å².